The molecule has 0 aliphatic heterocycles. The van der Waals surface area contributed by atoms with Gasteiger partial charge < -0.3 is 4.90 Å². The summed E-state index contributed by atoms with van der Waals surface area (Å²) in [6, 6.07) is 3.27. The van der Waals surface area contributed by atoms with E-state index in [0.717, 1.165) is 5.69 Å². The molecule has 0 fully saturated rings. The molecule has 1 aromatic carbocycles. The fourth-order valence-corrected chi connectivity index (χ4v) is 1.91. The molecule has 98 valence electrons. The van der Waals surface area contributed by atoms with Gasteiger partial charge in [-0.05, 0) is 45.4 Å². The number of halogens is 1. The normalized spacial score (nSPS) is 10.6. The Morgan fingerprint density at radius 3 is 2.56 bits per heavy atom. The van der Waals surface area contributed by atoms with Crippen LogP contribution in [0.5, 0.6) is 0 Å². The SMILES string of the molecule is C=CCN(c1cc(C)c(F)cc1C(C)=O)C(C)C. The van der Waals surface area contributed by atoms with Crippen molar-refractivity contribution in [3.05, 3.63) is 41.7 Å². The van der Waals surface area contributed by atoms with Crippen LogP contribution in [0.15, 0.2) is 24.8 Å². The summed E-state index contributed by atoms with van der Waals surface area (Å²) in [5.74, 6) is -0.468. The van der Waals surface area contributed by atoms with Crippen molar-refractivity contribution >= 4 is 11.5 Å². The average Bonchev–Trinajstić information content (AvgIpc) is 2.28. The van der Waals surface area contributed by atoms with Crippen LogP contribution in [0.4, 0.5) is 10.1 Å². The molecule has 0 saturated carbocycles. The highest BCUT2D eigenvalue weighted by atomic mass is 19.1. The lowest BCUT2D eigenvalue weighted by Crippen LogP contribution is -2.32. The Bertz CT molecular complexity index is 466. The second-order valence-electron chi connectivity index (χ2n) is 4.71. The molecule has 0 aromatic heterocycles. The molecular weight excluding hydrogens is 229 g/mol. The van der Waals surface area contributed by atoms with Gasteiger partial charge in [-0.3, -0.25) is 4.79 Å². The van der Waals surface area contributed by atoms with Crippen molar-refractivity contribution in [1.82, 2.24) is 0 Å². The molecule has 1 aromatic rings. The van der Waals surface area contributed by atoms with Crippen LogP contribution in [-0.2, 0) is 0 Å². The molecule has 0 aliphatic carbocycles. The second-order valence-corrected chi connectivity index (χ2v) is 4.71. The van der Waals surface area contributed by atoms with Gasteiger partial charge in [0.05, 0.1) is 0 Å². The van der Waals surface area contributed by atoms with Crippen LogP contribution in [0.3, 0.4) is 0 Å². The number of anilines is 1. The molecule has 0 radical (unpaired) electrons. The van der Waals surface area contributed by atoms with E-state index < -0.39 is 0 Å². The first-order chi connectivity index (χ1) is 8.38. The summed E-state index contributed by atoms with van der Waals surface area (Å²) < 4.78 is 13.6. The van der Waals surface area contributed by atoms with E-state index in [1.807, 2.05) is 18.7 Å². The van der Waals surface area contributed by atoms with E-state index in [1.54, 1.807) is 19.1 Å². The van der Waals surface area contributed by atoms with Crippen LogP contribution in [0, 0.1) is 12.7 Å². The maximum absolute atomic E-state index is 13.6. The van der Waals surface area contributed by atoms with Gasteiger partial charge in [0.25, 0.3) is 0 Å². The summed E-state index contributed by atoms with van der Waals surface area (Å²) in [4.78, 5) is 13.7. The minimum Gasteiger partial charge on any atom is -0.365 e. The Balaban J connectivity index is 3.39. The van der Waals surface area contributed by atoms with E-state index >= 15 is 0 Å². The van der Waals surface area contributed by atoms with Crippen molar-refractivity contribution in [1.29, 1.82) is 0 Å². The summed E-state index contributed by atoms with van der Waals surface area (Å²) in [5.41, 5.74) is 1.75. The van der Waals surface area contributed by atoms with Gasteiger partial charge in [0.15, 0.2) is 5.78 Å². The maximum Gasteiger partial charge on any atom is 0.161 e. The molecule has 0 amide bonds. The summed E-state index contributed by atoms with van der Waals surface area (Å²) >= 11 is 0. The number of aryl methyl sites for hydroxylation is 1. The van der Waals surface area contributed by atoms with Gasteiger partial charge in [-0.25, -0.2) is 4.39 Å². The van der Waals surface area contributed by atoms with Crippen molar-refractivity contribution in [2.45, 2.75) is 33.7 Å². The van der Waals surface area contributed by atoms with Crippen molar-refractivity contribution < 1.29 is 9.18 Å². The standard InChI is InChI=1S/C15H20FNO/c1-6-7-17(10(2)3)15-8-11(4)14(16)9-13(15)12(5)18/h6,8-10H,1,7H2,2-5H3. The first-order valence-corrected chi connectivity index (χ1v) is 6.07. The monoisotopic (exact) mass is 249 g/mol. The fraction of sp³-hybridized carbons (Fsp3) is 0.400. The second kappa shape index (κ2) is 5.80. The van der Waals surface area contributed by atoms with Crippen LogP contribution >= 0.6 is 0 Å². The molecule has 2 nitrogen and oxygen atoms in total. The highest BCUT2D eigenvalue weighted by Crippen LogP contribution is 2.26. The summed E-state index contributed by atoms with van der Waals surface area (Å²) in [5, 5.41) is 0. The highest BCUT2D eigenvalue weighted by molar-refractivity contribution is 6.00. The van der Waals surface area contributed by atoms with Gasteiger partial charge in [-0.15, -0.1) is 6.58 Å². The topological polar surface area (TPSA) is 20.3 Å². The van der Waals surface area contributed by atoms with Gasteiger partial charge in [-0.1, -0.05) is 6.08 Å². The van der Waals surface area contributed by atoms with Gasteiger partial charge in [-0.2, -0.15) is 0 Å². The largest absolute Gasteiger partial charge is 0.365 e. The first kappa shape index (κ1) is 14.4. The van der Waals surface area contributed by atoms with Crippen LogP contribution < -0.4 is 4.90 Å². The number of nitrogens with zero attached hydrogens (tertiary/aromatic N) is 1. The molecular formula is C15H20FNO. The number of carbonyl (C=O) groups excluding carboxylic acids is 1. The van der Waals surface area contributed by atoms with Crippen LogP contribution in [0.1, 0.15) is 36.7 Å². The lowest BCUT2D eigenvalue weighted by Gasteiger charge is -2.29. The maximum atomic E-state index is 13.6. The number of Topliss-reactive ketones (excluding diaryl/α,β-unsaturated/α-hetero) is 1. The zero-order valence-electron chi connectivity index (χ0n) is 11.5. The van der Waals surface area contributed by atoms with E-state index in [-0.39, 0.29) is 17.6 Å². The van der Waals surface area contributed by atoms with E-state index in [2.05, 4.69) is 6.58 Å². The van der Waals surface area contributed by atoms with Crippen LogP contribution in [-0.4, -0.2) is 18.4 Å². The quantitative estimate of drug-likeness (QED) is 0.585. The molecule has 0 aliphatic rings. The molecule has 0 unspecified atom stereocenters. The van der Waals surface area contributed by atoms with Crippen molar-refractivity contribution in [3.63, 3.8) is 0 Å². The minimum atomic E-state index is -0.341. The molecule has 0 spiro atoms. The zero-order chi connectivity index (χ0) is 13.9. The lowest BCUT2D eigenvalue weighted by atomic mass is 10.0. The number of hydrogen-bond donors (Lipinski definition) is 0. The number of benzene rings is 1. The molecule has 0 saturated heterocycles. The van der Waals surface area contributed by atoms with E-state index in [0.29, 0.717) is 17.7 Å². The predicted molar refractivity (Wildman–Crippen MR) is 73.8 cm³/mol. The molecule has 0 bridgehead atoms. The van der Waals surface area contributed by atoms with Gasteiger partial charge in [0.2, 0.25) is 0 Å². The third-order valence-corrected chi connectivity index (χ3v) is 2.91. The average molecular weight is 249 g/mol. The van der Waals surface area contributed by atoms with Gasteiger partial charge in [0, 0.05) is 23.8 Å². The molecule has 0 heterocycles. The number of hydrogen-bond acceptors (Lipinski definition) is 2. The Hall–Kier alpha value is -1.64. The first-order valence-electron chi connectivity index (χ1n) is 6.07. The van der Waals surface area contributed by atoms with Crippen LogP contribution in [0.2, 0.25) is 0 Å². The zero-order valence-corrected chi connectivity index (χ0v) is 11.5. The Morgan fingerprint density at radius 1 is 1.50 bits per heavy atom. The number of carbonyl (C=O) groups is 1. The summed E-state index contributed by atoms with van der Waals surface area (Å²) in [6.45, 7) is 11.6. The van der Waals surface area contributed by atoms with E-state index in [9.17, 15) is 9.18 Å². The van der Waals surface area contributed by atoms with Crippen molar-refractivity contribution in [2.75, 3.05) is 11.4 Å². The number of ketones is 1. The molecule has 0 atom stereocenters. The van der Waals surface area contributed by atoms with Gasteiger partial charge in [0.1, 0.15) is 5.82 Å². The molecule has 18 heavy (non-hydrogen) atoms. The van der Waals surface area contributed by atoms with Gasteiger partial charge >= 0.3 is 0 Å². The summed E-state index contributed by atoms with van der Waals surface area (Å²) in [7, 11) is 0. The molecule has 3 heteroatoms. The highest BCUT2D eigenvalue weighted by Gasteiger charge is 2.18. The molecule has 0 N–H and O–H groups in total. The predicted octanol–water partition coefficient (Wildman–Crippen LogP) is 3.74. The third-order valence-electron chi connectivity index (χ3n) is 2.91. The summed E-state index contributed by atoms with van der Waals surface area (Å²) in [6.07, 6.45) is 1.78. The van der Waals surface area contributed by atoms with Crippen molar-refractivity contribution in [2.24, 2.45) is 0 Å². The Kier molecular flexibility index (Phi) is 4.65. The Morgan fingerprint density at radius 2 is 2.11 bits per heavy atom. The minimum absolute atomic E-state index is 0.126. The lowest BCUT2D eigenvalue weighted by molar-refractivity contribution is 0.101. The molecule has 1 rings (SSSR count). The Labute approximate surface area is 108 Å². The van der Waals surface area contributed by atoms with E-state index in [4.69, 9.17) is 0 Å². The third kappa shape index (κ3) is 2.97. The van der Waals surface area contributed by atoms with Crippen molar-refractivity contribution in [3.8, 4) is 0 Å². The fourth-order valence-electron chi connectivity index (χ4n) is 1.91. The smallest absolute Gasteiger partial charge is 0.161 e. The van der Waals surface area contributed by atoms with E-state index in [1.165, 1.54) is 13.0 Å². The van der Waals surface area contributed by atoms with Crippen LogP contribution in [0.25, 0.3) is 0 Å². The number of rotatable bonds is 5.